The molecule has 0 aliphatic heterocycles. The number of amides is 2. The molecular weight excluding hydrogens is 352 g/mol. The van der Waals surface area contributed by atoms with Crippen LogP contribution >= 0.6 is 11.6 Å². The number of halogens is 1. The number of aromatic nitrogens is 2. The van der Waals surface area contributed by atoms with Gasteiger partial charge in [-0.3, -0.25) is 9.59 Å². The summed E-state index contributed by atoms with van der Waals surface area (Å²) >= 11 is 6.09. The maximum atomic E-state index is 12.3. The summed E-state index contributed by atoms with van der Waals surface area (Å²) in [6, 6.07) is 14.5. The molecule has 3 rings (SSSR count). The van der Waals surface area contributed by atoms with Gasteiger partial charge >= 0.3 is 0 Å². The summed E-state index contributed by atoms with van der Waals surface area (Å²) < 4.78 is 1.87. The van der Waals surface area contributed by atoms with Crippen LogP contribution in [0.15, 0.2) is 48.5 Å². The quantitative estimate of drug-likeness (QED) is 0.697. The fourth-order valence-corrected chi connectivity index (χ4v) is 2.98. The maximum absolute atomic E-state index is 12.3. The standard InChI is InChI=1S/C19H19ClN4O2/c1-2-24-16-9-8-13(12-15(16)23-19(24)20)18(26)21-11-10-17(25)22-14-6-4-3-5-7-14/h3-9,12H,2,10-11H2,1H3,(H,21,26)(H,22,25). The van der Waals surface area contributed by atoms with E-state index in [2.05, 4.69) is 15.6 Å². The summed E-state index contributed by atoms with van der Waals surface area (Å²) in [4.78, 5) is 28.4. The van der Waals surface area contributed by atoms with Crippen molar-refractivity contribution in [2.75, 3.05) is 11.9 Å². The van der Waals surface area contributed by atoms with Gasteiger partial charge in [0.15, 0.2) is 0 Å². The molecule has 6 nitrogen and oxygen atoms in total. The van der Waals surface area contributed by atoms with Crippen molar-refractivity contribution in [1.29, 1.82) is 0 Å². The molecule has 0 bridgehead atoms. The lowest BCUT2D eigenvalue weighted by atomic mass is 10.2. The molecule has 134 valence electrons. The van der Waals surface area contributed by atoms with E-state index in [0.717, 1.165) is 11.2 Å². The minimum atomic E-state index is -0.249. The third-order valence-corrected chi connectivity index (χ3v) is 4.26. The molecule has 1 heterocycles. The Kier molecular flexibility index (Phi) is 5.53. The number of para-hydroxylation sites is 1. The lowest BCUT2D eigenvalue weighted by molar-refractivity contribution is -0.116. The van der Waals surface area contributed by atoms with Crippen molar-refractivity contribution in [3.8, 4) is 0 Å². The van der Waals surface area contributed by atoms with Crippen molar-refractivity contribution in [2.45, 2.75) is 19.9 Å². The molecule has 2 amide bonds. The number of nitrogens with one attached hydrogen (secondary N) is 2. The lowest BCUT2D eigenvalue weighted by Crippen LogP contribution is -2.27. The van der Waals surface area contributed by atoms with Gasteiger partial charge in [0.2, 0.25) is 11.2 Å². The highest BCUT2D eigenvalue weighted by Gasteiger charge is 2.12. The van der Waals surface area contributed by atoms with Gasteiger partial charge in [0.05, 0.1) is 11.0 Å². The normalized spacial score (nSPS) is 10.7. The third kappa shape index (κ3) is 4.03. The van der Waals surface area contributed by atoms with Crippen molar-refractivity contribution in [1.82, 2.24) is 14.9 Å². The van der Waals surface area contributed by atoms with Crippen molar-refractivity contribution in [3.05, 3.63) is 59.4 Å². The number of benzene rings is 2. The molecule has 0 saturated heterocycles. The van der Waals surface area contributed by atoms with Crippen LogP contribution < -0.4 is 10.6 Å². The van der Waals surface area contributed by atoms with Crippen LogP contribution in [0.25, 0.3) is 11.0 Å². The van der Waals surface area contributed by atoms with E-state index in [0.29, 0.717) is 22.9 Å². The molecule has 0 spiro atoms. The molecule has 2 aromatic carbocycles. The topological polar surface area (TPSA) is 76.0 Å². The summed E-state index contributed by atoms with van der Waals surface area (Å²) in [5.41, 5.74) is 2.78. The Morgan fingerprint density at radius 3 is 2.65 bits per heavy atom. The number of hydrogen-bond donors (Lipinski definition) is 2. The van der Waals surface area contributed by atoms with Gasteiger partial charge in [0.1, 0.15) is 0 Å². The summed E-state index contributed by atoms with van der Waals surface area (Å²) in [6.07, 6.45) is 0.194. The average Bonchev–Trinajstić information content (AvgIpc) is 2.96. The fraction of sp³-hybridized carbons (Fsp3) is 0.211. The van der Waals surface area contributed by atoms with Gasteiger partial charge in [-0.25, -0.2) is 4.98 Å². The summed E-state index contributed by atoms with van der Waals surface area (Å²) in [5, 5.41) is 5.93. The molecule has 1 aromatic heterocycles. The Hall–Kier alpha value is -2.86. The van der Waals surface area contributed by atoms with Gasteiger partial charge < -0.3 is 15.2 Å². The molecule has 0 aliphatic rings. The maximum Gasteiger partial charge on any atom is 0.251 e. The first kappa shape index (κ1) is 17.9. The minimum absolute atomic E-state index is 0.152. The Labute approximate surface area is 156 Å². The number of anilines is 1. The molecule has 0 radical (unpaired) electrons. The second-order valence-corrected chi connectivity index (χ2v) is 6.09. The van der Waals surface area contributed by atoms with Gasteiger partial charge in [-0.15, -0.1) is 0 Å². The van der Waals surface area contributed by atoms with Gasteiger partial charge in [-0.05, 0) is 48.9 Å². The highest BCUT2D eigenvalue weighted by Crippen LogP contribution is 2.21. The van der Waals surface area contributed by atoms with Crippen LogP contribution in [-0.2, 0) is 11.3 Å². The van der Waals surface area contributed by atoms with Crippen LogP contribution in [0.1, 0.15) is 23.7 Å². The average molecular weight is 371 g/mol. The second-order valence-electron chi connectivity index (χ2n) is 5.75. The number of hydrogen-bond acceptors (Lipinski definition) is 3. The zero-order valence-electron chi connectivity index (χ0n) is 14.3. The molecule has 3 aromatic rings. The monoisotopic (exact) mass is 370 g/mol. The largest absolute Gasteiger partial charge is 0.352 e. The summed E-state index contributed by atoms with van der Waals surface area (Å²) in [6.45, 7) is 2.94. The molecule has 26 heavy (non-hydrogen) atoms. The SMILES string of the molecule is CCn1c(Cl)nc2cc(C(=O)NCCC(=O)Nc3ccccc3)ccc21. The van der Waals surface area contributed by atoms with Crippen LogP contribution in [0.3, 0.4) is 0 Å². The number of aryl methyl sites for hydroxylation is 1. The fourth-order valence-electron chi connectivity index (χ4n) is 2.68. The number of rotatable bonds is 6. The zero-order valence-corrected chi connectivity index (χ0v) is 15.1. The molecule has 0 aliphatic carbocycles. The molecule has 0 unspecified atom stereocenters. The Balaban J connectivity index is 1.56. The molecular formula is C19H19ClN4O2. The summed E-state index contributed by atoms with van der Waals surface area (Å²) in [7, 11) is 0. The van der Waals surface area contributed by atoms with E-state index in [1.54, 1.807) is 12.1 Å². The van der Waals surface area contributed by atoms with Crippen molar-refractivity contribution in [3.63, 3.8) is 0 Å². The van der Waals surface area contributed by atoms with Gasteiger partial charge in [-0.2, -0.15) is 0 Å². The highest BCUT2D eigenvalue weighted by atomic mass is 35.5. The Bertz CT molecular complexity index is 937. The number of fused-ring (bicyclic) bond motifs is 1. The smallest absolute Gasteiger partial charge is 0.251 e. The predicted molar refractivity (Wildman–Crippen MR) is 102 cm³/mol. The van der Waals surface area contributed by atoms with E-state index in [4.69, 9.17) is 11.6 Å². The number of imidazole rings is 1. The molecule has 0 saturated carbocycles. The first-order valence-electron chi connectivity index (χ1n) is 8.37. The van der Waals surface area contributed by atoms with E-state index in [-0.39, 0.29) is 24.8 Å². The van der Waals surface area contributed by atoms with Crippen LogP contribution in [0, 0.1) is 0 Å². The van der Waals surface area contributed by atoms with Crippen LogP contribution in [0.5, 0.6) is 0 Å². The van der Waals surface area contributed by atoms with Crippen LogP contribution in [0.4, 0.5) is 5.69 Å². The van der Waals surface area contributed by atoms with Crippen LogP contribution in [0.2, 0.25) is 5.28 Å². The second kappa shape index (κ2) is 8.01. The van der Waals surface area contributed by atoms with E-state index in [9.17, 15) is 9.59 Å². The number of nitrogens with zero attached hydrogens (tertiary/aromatic N) is 2. The van der Waals surface area contributed by atoms with E-state index < -0.39 is 0 Å². The van der Waals surface area contributed by atoms with Gasteiger partial charge in [0.25, 0.3) is 5.91 Å². The number of carbonyl (C=O) groups is 2. The molecule has 0 fully saturated rings. The molecule has 0 atom stereocenters. The molecule has 7 heteroatoms. The first-order valence-corrected chi connectivity index (χ1v) is 8.75. The van der Waals surface area contributed by atoms with E-state index in [1.807, 2.05) is 47.9 Å². The third-order valence-electron chi connectivity index (χ3n) is 3.98. The Morgan fingerprint density at radius 2 is 1.92 bits per heavy atom. The van der Waals surface area contributed by atoms with Gasteiger partial charge in [0, 0.05) is 30.8 Å². The van der Waals surface area contributed by atoms with Crippen molar-refractivity contribution in [2.24, 2.45) is 0 Å². The van der Waals surface area contributed by atoms with Gasteiger partial charge in [-0.1, -0.05) is 18.2 Å². The van der Waals surface area contributed by atoms with Crippen LogP contribution in [-0.4, -0.2) is 27.9 Å². The zero-order chi connectivity index (χ0) is 18.5. The summed E-state index contributed by atoms with van der Waals surface area (Å²) in [5.74, 6) is -0.401. The Morgan fingerprint density at radius 1 is 1.15 bits per heavy atom. The number of carbonyl (C=O) groups excluding carboxylic acids is 2. The van der Waals surface area contributed by atoms with Crippen molar-refractivity contribution < 1.29 is 9.59 Å². The highest BCUT2D eigenvalue weighted by molar-refractivity contribution is 6.29. The minimum Gasteiger partial charge on any atom is -0.352 e. The van der Waals surface area contributed by atoms with Crippen molar-refractivity contribution >= 4 is 40.1 Å². The predicted octanol–water partition coefficient (Wildman–Crippen LogP) is 3.47. The van der Waals surface area contributed by atoms with E-state index >= 15 is 0 Å². The molecule has 2 N–H and O–H groups in total. The first-order chi connectivity index (χ1) is 12.6. The van der Waals surface area contributed by atoms with E-state index in [1.165, 1.54) is 0 Å². The lowest BCUT2D eigenvalue weighted by Gasteiger charge is -2.07.